The molecule has 1 aliphatic carbocycles. The molecule has 0 atom stereocenters. The maximum Gasteiger partial charge on any atom is 0.224 e. The van der Waals surface area contributed by atoms with E-state index in [0.29, 0.717) is 12.1 Å². The SMILES string of the molecule is CCN(CCNc1cc2c(cc1N)NC(=O)CC2)C1CC1. The third-order valence-electron chi connectivity index (χ3n) is 4.35. The molecule has 1 aromatic rings. The molecule has 1 aliphatic heterocycles. The lowest BCUT2D eigenvalue weighted by molar-refractivity contribution is -0.116. The van der Waals surface area contributed by atoms with Gasteiger partial charge in [0, 0.05) is 31.2 Å². The quantitative estimate of drug-likeness (QED) is 0.701. The molecule has 0 saturated heterocycles. The molecule has 1 fully saturated rings. The predicted octanol–water partition coefficient (Wildman–Crippen LogP) is 2.05. The molecule has 0 radical (unpaired) electrons. The third kappa shape index (κ3) is 3.29. The Morgan fingerprint density at radius 1 is 1.38 bits per heavy atom. The van der Waals surface area contributed by atoms with Gasteiger partial charge in [0.2, 0.25) is 5.91 Å². The number of nitrogen functional groups attached to an aromatic ring is 1. The number of hydrogen-bond acceptors (Lipinski definition) is 4. The van der Waals surface area contributed by atoms with E-state index in [0.717, 1.165) is 43.5 Å². The van der Waals surface area contributed by atoms with Crippen LogP contribution >= 0.6 is 0 Å². The van der Waals surface area contributed by atoms with E-state index >= 15 is 0 Å². The monoisotopic (exact) mass is 288 g/mol. The summed E-state index contributed by atoms with van der Waals surface area (Å²) in [5.74, 6) is 0.0747. The summed E-state index contributed by atoms with van der Waals surface area (Å²) in [4.78, 5) is 13.9. The van der Waals surface area contributed by atoms with Crippen molar-refractivity contribution in [3.8, 4) is 0 Å². The standard InChI is InChI=1S/C16H24N4O/c1-2-20(12-4-5-12)8-7-18-15-9-11-3-6-16(21)19-14(11)10-13(15)17/h9-10,12,18H,2-8,17H2,1H3,(H,19,21). The zero-order valence-corrected chi connectivity index (χ0v) is 12.6. The Balaban J connectivity index is 1.61. The molecule has 21 heavy (non-hydrogen) atoms. The molecule has 0 bridgehead atoms. The van der Waals surface area contributed by atoms with Gasteiger partial charge in [0.05, 0.1) is 11.4 Å². The summed E-state index contributed by atoms with van der Waals surface area (Å²) in [5.41, 5.74) is 9.80. The predicted molar refractivity (Wildman–Crippen MR) is 86.6 cm³/mol. The first-order valence-electron chi connectivity index (χ1n) is 7.87. The van der Waals surface area contributed by atoms with Crippen LogP contribution < -0.4 is 16.4 Å². The number of nitrogens with one attached hydrogen (secondary N) is 2. The second-order valence-electron chi connectivity index (χ2n) is 5.93. The zero-order valence-electron chi connectivity index (χ0n) is 12.6. The van der Waals surface area contributed by atoms with Gasteiger partial charge in [-0.15, -0.1) is 0 Å². The molecule has 5 heteroatoms. The van der Waals surface area contributed by atoms with Crippen molar-refractivity contribution in [2.45, 2.75) is 38.6 Å². The summed E-state index contributed by atoms with van der Waals surface area (Å²) in [6.45, 7) is 5.28. The topological polar surface area (TPSA) is 70.4 Å². The van der Waals surface area contributed by atoms with Crippen molar-refractivity contribution in [1.29, 1.82) is 0 Å². The van der Waals surface area contributed by atoms with Crippen LogP contribution in [-0.4, -0.2) is 36.5 Å². The number of nitrogens with zero attached hydrogens (tertiary/aromatic N) is 1. The number of aryl methyl sites for hydroxylation is 1. The Labute approximate surface area is 125 Å². The first-order valence-corrected chi connectivity index (χ1v) is 7.87. The van der Waals surface area contributed by atoms with Crippen LogP contribution in [0, 0.1) is 0 Å². The van der Waals surface area contributed by atoms with Crippen LogP contribution in [-0.2, 0) is 11.2 Å². The number of benzene rings is 1. The Kier molecular flexibility index (Phi) is 4.01. The number of nitrogens with two attached hydrogens (primary N) is 1. The van der Waals surface area contributed by atoms with Gasteiger partial charge in [-0.2, -0.15) is 0 Å². The minimum Gasteiger partial charge on any atom is -0.397 e. The van der Waals surface area contributed by atoms with Gasteiger partial charge in [-0.25, -0.2) is 0 Å². The average molecular weight is 288 g/mol. The normalized spacial score (nSPS) is 17.5. The first-order chi connectivity index (χ1) is 10.2. The number of likely N-dealkylation sites (N-methyl/N-ethyl adjacent to an activating group) is 1. The van der Waals surface area contributed by atoms with Crippen LogP contribution in [0.5, 0.6) is 0 Å². The van der Waals surface area contributed by atoms with Gasteiger partial charge in [-0.1, -0.05) is 6.92 Å². The number of hydrogen-bond donors (Lipinski definition) is 3. The number of anilines is 3. The average Bonchev–Trinajstić information content (AvgIpc) is 3.28. The molecule has 114 valence electrons. The molecular weight excluding hydrogens is 264 g/mol. The Morgan fingerprint density at radius 2 is 2.19 bits per heavy atom. The van der Waals surface area contributed by atoms with Crippen molar-refractivity contribution in [2.24, 2.45) is 0 Å². The molecule has 4 N–H and O–H groups in total. The maximum atomic E-state index is 11.4. The van der Waals surface area contributed by atoms with E-state index in [4.69, 9.17) is 5.73 Å². The molecule has 1 heterocycles. The van der Waals surface area contributed by atoms with Crippen molar-refractivity contribution in [1.82, 2.24) is 4.90 Å². The fourth-order valence-electron chi connectivity index (χ4n) is 2.97. The van der Waals surface area contributed by atoms with Crippen molar-refractivity contribution in [3.05, 3.63) is 17.7 Å². The van der Waals surface area contributed by atoms with E-state index < -0.39 is 0 Å². The summed E-state index contributed by atoms with van der Waals surface area (Å²) in [6, 6.07) is 4.75. The van der Waals surface area contributed by atoms with Crippen molar-refractivity contribution in [2.75, 3.05) is 36.0 Å². The molecule has 0 unspecified atom stereocenters. The first kappa shape index (κ1) is 14.2. The molecule has 3 rings (SSSR count). The Bertz CT molecular complexity index is 539. The number of carbonyl (C=O) groups is 1. The summed E-state index contributed by atoms with van der Waals surface area (Å²) < 4.78 is 0. The lowest BCUT2D eigenvalue weighted by atomic mass is 10.0. The van der Waals surface area contributed by atoms with E-state index in [9.17, 15) is 4.79 Å². The van der Waals surface area contributed by atoms with Gasteiger partial charge in [-0.3, -0.25) is 9.69 Å². The number of fused-ring (bicyclic) bond motifs is 1. The molecule has 2 aliphatic rings. The van der Waals surface area contributed by atoms with Crippen LogP contribution in [0.25, 0.3) is 0 Å². The summed E-state index contributed by atoms with van der Waals surface area (Å²) in [6.07, 6.45) is 4.03. The fourth-order valence-corrected chi connectivity index (χ4v) is 2.97. The summed E-state index contributed by atoms with van der Waals surface area (Å²) in [7, 11) is 0. The van der Waals surface area contributed by atoms with Crippen LogP contribution in [0.4, 0.5) is 17.1 Å². The van der Waals surface area contributed by atoms with Gasteiger partial charge in [0.15, 0.2) is 0 Å². The zero-order chi connectivity index (χ0) is 14.8. The molecule has 1 saturated carbocycles. The molecular formula is C16H24N4O. The maximum absolute atomic E-state index is 11.4. The third-order valence-corrected chi connectivity index (χ3v) is 4.35. The fraction of sp³-hybridized carbons (Fsp3) is 0.562. The van der Waals surface area contributed by atoms with E-state index in [-0.39, 0.29) is 5.91 Å². The van der Waals surface area contributed by atoms with Gasteiger partial charge in [-0.05, 0) is 43.5 Å². The highest BCUT2D eigenvalue weighted by molar-refractivity contribution is 5.95. The van der Waals surface area contributed by atoms with Crippen molar-refractivity contribution in [3.63, 3.8) is 0 Å². The highest BCUT2D eigenvalue weighted by Crippen LogP contribution is 2.31. The van der Waals surface area contributed by atoms with Gasteiger partial charge >= 0.3 is 0 Å². The van der Waals surface area contributed by atoms with Gasteiger partial charge < -0.3 is 16.4 Å². The molecule has 0 spiro atoms. The number of amides is 1. The highest BCUT2D eigenvalue weighted by atomic mass is 16.1. The Hall–Kier alpha value is -1.75. The highest BCUT2D eigenvalue weighted by Gasteiger charge is 2.27. The van der Waals surface area contributed by atoms with E-state index in [1.165, 1.54) is 18.4 Å². The molecule has 1 aromatic carbocycles. The molecule has 1 amide bonds. The van der Waals surface area contributed by atoms with E-state index in [1.54, 1.807) is 0 Å². The summed E-state index contributed by atoms with van der Waals surface area (Å²) >= 11 is 0. The van der Waals surface area contributed by atoms with Crippen LogP contribution in [0.2, 0.25) is 0 Å². The van der Waals surface area contributed by atoms with Gasteiger partial charge in [0.1, 0.15) is 0 Å². The van der Waals surface area contributed by atoms with Crippen molar-refractivity contribution < 1.29 is 4.79 Å². The second-order valence-corrected chi connectivity index (χ2v) is 5.93. The minimum absolute atomic E-state index is 0.0747. The smallest absolute Gasteiger partial charge is 0.224 e. The van der Waals surface area contributed by atoms with Crippen LogP contribution in [0.3, 0.4) is 0 Å². The van der Waals surface area contributed by atoms with E-state index in [1.807, 2.05) is 6.07 Å². The minimum atomic E-state index is 0.0747. The molecule has 0 aromatic heterocycles. The second kappa shape index (κ2) is 5.93. The molecule has 5 nitrogen and oxygen atoms in total. The number of carbonyl (C=O) groups excluding carboxylic acids is 1. The number of rotatable bonds is 6. The van der Waals surface area contributed by atoms with Crippen LogP contribution in [0.15, 0.2) is 12.1 Å². The van der Waals surface area contributed by atoms with E-state index in [2.05, 4.69) is 28.5 Å². The van der Waals surface area contributed by atoms with Crippen LogP contribution in [0.1, 0.15) is 31.7 Å². The summed E-state index contributed by atoms with van der Waals surface area (Å²) in [5, 5.41) is 6.32. The van der Waals surface area contributed by atoms with Gasteiger partial charge in [0.25, 0.3) is 0 Å². The van der Waals surface area contributed by atoms with Crippen molar-refractivity contribution >= 4 is 23.0 Å². The largest absolute Gasteiger partial charge is 0.397 e. The Morgan fingerprint density at radius 3 is 2.90 bits per heavy atom. The lowest BCUT2D eigenvalue weighted by Crippen LogP contribution is -2.31. The lowest BCUT2D eigenvalue weighted by Gasteiger charge is -2.22.